The van der Waals surface area contributed by atoms with E-state index < -0.39 is 5.91 Å². The van der Waals surface area contributed by atoms with Crippen LogP contribution in [0.1, 0.15) is 52.1 Å². The third kappa shape index (κ3) is 4.20. The highest BCUT2D eigenvalue weighted by Gasteiger charge is 2.39. The Morgan fingerprint density at radius 3 is 2.44 bits per heavy atom. The van der Waals surface area contributed by atoms with Crippen molar-refractivity contribution in [2.45, 2.75) is 31.2 Å². The highest BCUT2D eigenvalue weighted by atomic mass is 35.5. The van der Waals surface area contributed by atoms with Crippen molar-refractivity contribution in [1.29, 1.82) is 5.26 Å². The van der Waals surface area contributed by atoms with Crippen LogP contribution < -0.4 is 16.8 Å². The molecule has 0 saturated carbocycles. The summed E-state index contributed by atoms with van der Waals surface area (Å²) >= 11 is 5.85. The number of anilines is 2. The number of likely N-dealkylation sites (tertiary alicyclic amines) is 1. The smallest absolute Gasteiger partial charge is 0.279 e. The van der Waals surface area contributed by atoms with E-state index in [1.54, 1.807) is 29.2 Å². The summed E-state index contributed by atoms with van der Waals surface area (Å²) in [5, 5.41) is 11.6. The monoisotopic (exact) mass is 452 g/mol. The first kappa shape index (κ1) is 21.5. The molecule has 0 radical (unpaired) electrons. The van der Waals surface area contributed by atoms with E-state index >= 15 is 0 Å². The Hall–Kier alpha value is -3.71. The summed E-state index contributed by atoms with van der Waals surface area (Å²) in [4.78, 5) is 39.6. The summed E-state index contributed by atoms with van der Waals surface area (Å²) in [5.74, 6) is -0.196. The number of benzene rings is 1. The number of aromatic nitrogens is 2. The van der Waals surface area contributed by atoms with E-state index in [-0.39, 0.29) is 33.9 Å². The molecule has 2 amide bonds. The number of nitrogens with zero attached hydrogens (tertiary/aromatic N) is 5. The molecule has 0 atom stereocenters. The van der Waals surface area contributed by atoms with Crippen LogP contribution in [0.5, 0.6) is 0 Å². The second-order valence-electron chi connectivity index (χ2n) is 7.85. The summed E-state index contributed by atoms with van der Waals surface area (Å²) in [6.45, 7) is 1.13. The number of piperidine rings is 1. The zero-order valence-electron chi connectivity index (χ0n) is 17.1. The number of carbonyl (C=O) groups excluding carboxylic acids is 2. The van der Waals surface area contributed by atoms with Gasteiger partial charge in [-0.05, 0) is 43.5 Å². The number of nitrogens with one attached hydrogen (secondary N) is 1. The molecule has 2 aliphatic heterocycles. The van der Waals surface area contributed by atoms with Gasteiger partial charge in [0.1, 0.15) is 5.84 Å². The van der Waals surface area contributed by atoms with Crippen molar-refractivity contribution in [1.82, 2.24) is 20.2 Å². The number of carbonyl (C=O) groups is 2. The predicted octanol–water partition coefficient (Wildman–Crippen LogP) is 1.76. The van der Waals surface area contributed by atoms with Gasteiger partial charge in [-0.3, -0.25) is 14.6 Å². The standard InChI is InChI=1S/C21H21ClN8O2/c22-16-18(25)28-17(24)15(27-16)19(31)26-14-5-6-21(29-14)7-9-30(10-8-21)20(32)13-3-1-12(11-23)2-4-13/h1-4H,5-10H2,(H4,24,25,28)(H,26,29,31). The fourth-order valence-electron chi connectivity index (χ4n) is 4.00. The van der Waals surface area contributed by atoms with Crippen molar-refractivity contribution >= 4 is 40.9 Å². The molecule has 164 valence electrons. The number of rotatable bonds is 2. The zero-order chi connectivity index (χ0) is 22.9. The Bertz CT molecular complexity index is 1150. The van der Waals surface area contributed by atoms with Gasteiger partial charge in [0.25, 0.3) is 11.8 Å². The van der Waals surface area contributed by atoms with Crippen molar-refractivity contribution < 1.29 is 9.59 Å². The topological polar surface area (TPSA) is 163 Å². The number of halogens is 1. The van der Waals surface area contributed by atoms with Crippen molar-refractivity contribution in [3.63, 3.8) is 0 Å². The maximum absolute atomic E-state index is 12.8. The molecule has 1 spiro atoms. The number of nitrogen functional groups attached to an aromatic ring is 2. The maximum Gasteiger partial charge on any atom is 0.279 e. The first-order valence-electron chi connectivity index (χ1n) is 10.1. The lowest BCUT2D eigenvalue weighted by Gasteiger charge is -2.37. The van der Waals surface area contributed by atoms with Crippen LogP contribution in [0.3, 0.4) is 0 Å². The minimum atomic E-state index is -0.541. The second kappa shape index (κ2) is 8.43. The Balaban J connectivity index is 1.39. The van der Waals surface area contributed by atoms with Gasteiger partial charge in [0.2, 0.25) is 0 Å². The SMILES string of the molecule is N#Cc1ccc(C(=O)N2CCC3(CCC(NC(=O)c4nc(Cl)c(N)nc4N)=N3)CC2)cc1. The number of hydrogen-bond acceptors (Lipinski definition) is 8. The van der Waals surface area contributed by atoms with Gasteiger partial charge < -0.3 is 21.7 Å². The number of amidine groups is 1. The number of nitrogens with two attached hydrogens (primary N) is 2. The molecule has 32 heavy (non-hydrogen) atoms. The maximum atomic E-state index is 12.8. The van der Waals surface area contributed by atoms with E-state index in [0.717, 1.165) is 6.42 Å². The van der Waals surface area contributed by atoms with Crippen LogP contribution in [-0.2, 0) is 0 Å². The molecule has 1 aromatic heterocycles. The molecule has 1 fully saturated rings. The molecule has 2 aliphatic rings. The average molecular weight is 453 g/mol. The average Bonchev–Trinajstić information content (AvgIpc) is 3.18. The van der Waals surface area contributed by atoms with Crippen LogP contribution in [0, 0.1) is 11.3 Å². The fraction of sp³-hybridized carbons (Fsp3) is 0.333. The third-order valence-electron chi connectivity index (χ3n) is 5.82. The van der Waals surface area contributed by atoms with E-state index in [0.29, 0.717) is 49.3 Å². The van der Waals surface area contributed by atoms with Crippen LogP contribution in [0.4, 0.5) is 11.6 Å². The third-order valence-corrected chi connectivity index (χ3v) is 6.10. The molecule has 0 bridgehead atoms. The number of aliphatic imine (C=N–C) groups is 1. The van der Waals surface area contributed by atoms with Crippen LogP contribution >= 0.6 is 11.6 Å². The molecular formula is C21H21ClN8O2. The molecule has 11 heteroatoms. The van der Waals surface area contributed by atoms with Crippen molar-refractivity contribution in [3.05, 3.63) is 46.2 Å². The Morgan fingerprint density at radius 2 is 1.78 bits per heavy atom. The van der Waals surface area contributed by atoms with Gasteiger partial charge in [0.15, 0.2) is 22.5 Å². The zero-order valence-corrected chi connectivity index (χ0v) is 17.9. The van der Waals surface area contributed by atoms with E-state index in [9.17, 15) is 9.59 Å². The lowest BCUT2D eigenvalue weighted by molar-refractivity contribution is 0.0673. The predicted molar refractivity (Wildman–Crippen MR) is 119 cm³/mol. The molecule has 10 nitrogen and oxygen atoms in total. The van der Waals surface area contributed by atoms with E-state index in [2.05, 4.69) is 15.3 Å². The minimum absolute atomic E-state index is 0.0415. The van der Waals surface area contributed by atoms with Gasteiger partial charge in [-0.15, -0.1) is 0 Å². The summed E-state index contributed by atoms with van der Waals surface area (Å²) in [6.07, 6.45) is 2.78. The first-order chi connectivity index (χ1) is 15.3. The van der Waals surface area contributed by atoms with Crippen LogP contribution in [0.2, 0.25) is 5.15 Å². The number of nitriles is 1. The van der Waals surface area contributed by atoms with E-state index in [1.165, 1.54) is 0 Å². The molecule has 1 aromatic carbocycles. The van der Waals surface area contributed by atoms with Gasteiger partial charge in [-0.1, -0.05) is 11.6 Å². The lowest BCUT2D eigenvalue weighted by Crippen LogP contribution is -2.45. The van der Waals surface area contributed by atoms with Crippen molar-refractivity contribution in [2.75, 3.05) is 24.6 Å². The number of amides is 2. The Labute approximate surface area is 189 Å². The van der Waals surface area contributed by atoms with Crippen LogP contribution in [0.15, 0.2) is 29.3 Å². The quantitative estimate of drug-likeness (QED) is 0.624. The molecule has 0 unspecified atom stereocenters. The van der Waals surface area contributed by atoms with Gasteiger partial charge >= 0.3 is 0 Å². The summed E-state index contributed by atoms with van der Waals surface area (Å²) in [7, 11) is 0. The second-order valence-corrected chi connectivity index (χ2v) is 8.21. The van der Waals surface area contributed by atoms with Gasteiger partial charge in [0.05, 0.1) is 17.2 Å². The van der Waals surface area contributed by atoms with Gasteiger partial charge in [0, 0.05) is 25.1 Å². The highest BCUT2D eigenvalue weighted by Crippen LogP contribution is 2.36. The van der Waals surface area contributed by atoms with Crippen LogP contribution in [-0.4, -0.2) is 51.1 Å². The highest BCUT2D eigenvalue weighted by molar-refractivity contribution is 6.31. The summed E-state index contributed by atoms with van der Waals surface area (Å²) in [6, 6.07) is 8.67. The van der Waals surface area contributed by atoms with Crippen molar-refractivity contribution in [3.8, 4) is 6.07 Å². The van der Waals surface area contributed by atoms with Crippen LogP contribution in [0.25, 0.3) is 0 Å². The largest absolute Gasteiger partial charge is 0.382 e. The van der Waals surface area contributed by atoms with Gasteiger partial charge in [-0.2, -0.15) is 5.26 Å². The molecule has 1 saturated heterocycles. The van der Waals surface area contributed by atoms with Gasteiger partial charge in [-0.25, -0.2) is 9.97 Å². The van der Waals surface area contributed by atoms with E-state index in [1.807, 2.05) is 6.07 Å². The molecule has 2 aromatic rings. The molecule has 5 N–H and O–H groups in total. The fourth-order valence-corrected chi connectivity index (χ4v) is 4.12. The Kier molecular flexibility index (Phi) is 5.67. The molecule has 3 heterocycles. The molecule has 0 aliphatic carbocycles. The van der Waals surface area contributed by atoms with E-state index in [4.69, 9.17) is 33.3 Å². The minimum Gasteiger partial charge on any atom is -0.382 e. The lowest BCUT2D eigenvalue weighted by atomic mass is 9.86. The normalized spacial score (nSPS) is 17.0. The molecule has 4 rings (SSSR count). The molecular weight excluding hydrogens is 432 g/mol. The first-order valence-corrected chi connectivity index (χ1v) is 10.5. The Morgan fingerprint density at radius 1 is 1.09 bits per heavy atom. The summed E-state index contributed by atoms with van der Waals surface area (Å²) in [5.41, 5.74) is 12.0. The summed E-state index contributed by atoms with van der Waals surface area (Å²) < 4.78 is 0. The van der Waals surface area contributed by atoms with Crippen molar-refractivity contribution in [2.24, 2.45) is 4.99 Å². The number of hydrogen-bond donors (Lipinski definition) is 3.